The SMILES string of the molecule is CCC1CCC(c2nc(C)c(C)c(=O)[nH]2)C1. The quantitative estimate of drug-likeness (QED) is 0.832. The summed E-state index contributed by atoms with van der Waals surface area (Å²) in [5, 5.41) is 0. The fourth-order valence-electron chi connectivity index (χ4n) is 2.55. The number of hydrogen-bond donors (Lipinski definition) is 1. The molecule has 1 fully saturated rings. The molecule has 88 valence electrons. The lowest BCUT2D eigenvalue weighted by molar-refractivity contribution is 0.516. The van der Waals surface area contributed by atoms with Crippen LogP contribution in [-0.4, -0.2) is 9.97 Å². The number of H-pyrrole nitrogens is 1. The first-order valence-electron chi connectivity index (χ1n) is 6.19. The summed E-state index contributed by atoms with van der Waals surface area (Å²) in [6.45, 7) is 5.98. The van der Waals surface area contributed by atoms with Gasteiger partial charge in [0.15, 0.2) is 0 Å². The fourth-order valence-corrected chi connectivity index (χ4v) is 2.55. The highest BCUT2D eigenvalue weighted by Crippen LogP contribution is 2.37. The molecule has 0 radical (unpaired) electrons. The molecule has 1 aromatic rings. The van der Waals surface area contributed by atoms with E-state index < -0.39 is 0 Å². The Morgan fingerprint density at radius 2 is 2.12 bits per heavy atom. The standard InChI is InChI=1S/C13H20N2O/c1-4-10-5-6-11(7-10)12-14-9(3)8(2)13(16)15-12/h10-11H,4-7H2,1-3H3,(H,14,15,16). The van der Waals surface area contributed by atoms with Crippen molar-refractivity contribution in [2.24, 2.45) is 5.92 Å². The van der Waals surface area contributed by atoms with Gasteiger partial charge in [-0.3, -0.25) is 4.79 Å². The summed E-state index contributed by atoms with van der Waals surface area (Å²) in [4.78, 5) is 19.1. The fraction of sp³-hybridized carbons (Fsp3) is 0.692. The Labute approximate surface area is 96.3 Å². The molecule has 2 rings (SSSR count). The molecule has 0 saturated heterocycles. The highest BCUT2D eigenvalue weighted by Gasteiger charge is 2.26. The van der Waals surface area contributed by atoms with Crippen molar-refractivity contribution in [1.29, 1.82) is 0 Å². The number of aryl methyl sites for hydroxylation is 1. The van der Waals surface area contributed by atoms with Crippen LogP contribution in [-0.2, 0) is 0 Å². The number of rotatable bonds is 2. The van der Waals surface area contributed by atoms with E-state index in [-0.39, 0.29) is 5.56 Å². The average Bonchev–Trinajstić information content (AvgIpc) is 2.73. The first kappa shape index (κ1) is 11.4. The topological polar surface area (TPSA) is 45.8 Å². The molecule has 0 amide bonds. The lowest BCUT2D eigenvalue weighted by atomic mass is 10.0. The number of hydrogen-bond acceptors (Lipinski definition) is 2. The van der Waals surface area contributed by atoms with Gasteiger partial charge in [-0.1, -0.05) is 13.3 Å². The Balaban J connectivity index is 2.26. The van der Waals surface area contributed by atoms with Crippen molar-refractivity contribution >= 4 is 0 Å². The number of aromatic amines is 1. The van der Waals surface area contributed by atoms with Crippen LogP contribution in [0.25, 0.3) is 0 Å². The smallest absolute Gasteiger partial charge is 0.254 e. The average molecular weight is 220 g/mol. The molecule has 2 atom stereocenters. The summed E-state index contributed by atoms with van der Waals surface area (Å²) < 4.78 is 0. The minimum Gasteiger partial charge on any atom is -0.310 e. The highest BCUT2D eigenvalue weighted by atomic mass is 16.1. The van der Waals surface area contributed by atoms with E-state index in [1.54, 1.807) is 0 Å². The zero-order valence-corrected chi connectivity index (χ0v) is 10.3. The zero-order chi connectivity index (χ0) is 11.7. The summed E-state index contributed by atoms with van der Waals surface area (Å²) >= 11 is 0. The van der Waals surface area contributed by atoms with Crippen LogP contribution >= 0.6 is 0 Å². The van der Waals surface area contributed by atoms with E-state index in [1.807, 2.05) is 13.8 Å². The van der Waals surface area contributed by atoms with Gasteiger partial charge >= 0.3 is 0 Å². The summed E-state index contributed by atoms with van der Waals surface area (Å²) in [5.74, 6) is 2.19. The second-order valence-corrected chi connectivity index (χ2v) is 4.95. The lowest BCUT2D eigenvalue weighted by Gasteiger charge is -2.11. The molecule has 1 aromatic heterocycles. The zero-order valence-electron chi connectivity index (χ0n) is 10.3. The molecule has 0 aromatic carbocycles. The van der Waals surface area contributed by atoms with Gasteiger partial charge in [0.1, 0.15) is 5.82 Å². The molecule has 1 N–H and O–H groups in total. The maximum absolute atomic E-state index is 11.7. The molecule has 1 saturated carbocycles. The maximum Gasteiger partial charge on any atom is 0.254 e. The normalized spacial score (nSPS) is 24.9. The second kappa shape index (κ2) is 4.40. The van der Waals surface area contributed by atoms with E-state index >= 15 is 0 Å². The number of nitrogens with zero attached hydrogens (tertiary/aromatic N) is 1. The van der Waals surface area contributed by atoms with Crippen molar-refractivity contribution in [2.75, 3.05) is 0 Å². The molecule has 3 heteroatoms. The summed E-state index contributed by atoms with van der Waals surface area (Å²) in [5.41, 5.74) is 1.65. The van der Waals surface area contributed by atoms with Crippen LogP contribution in [0.4, 0.5) is 0 Å². The molecule has 0 aliphatic heterocycles. The minimum absolute atomic E-state index is 0.0300. The van der Waals surface area contributed by atoms with Gasteiger partial charge < -0.3 is 4.98 Å². The summed E-state index contributed by atoms with van der Waals surface area (Å²) in [6.07, 6.45) is 4.87. The molecule has 2 unspecified atom stereocenters. The molecule has 0 spiro atoms. The van der Waals surface area contributed by atoms with Crippen LogP contribution in [0.1, 0.15) is 55.6 Å². The Morgan fingerprint density at radius 3 is 2.69 bits per heavy atom. The molecular formula is C13H20N2O. The largest absolute Gasteiger partial charge is 0.310 e. The summed E-state index contributed by atoms with van der Waals surface area (Å²) in [7, 11) is 0. The van der Waals surface area contributed by atoms with E-state index in [0.29, 0.717) is 5.92 Å². The van der Waals surface area contributed by atoms with Crippen LogP contribution in [0.3, 0.4) is 0 Å². The Morgan fingerprint density at radius 1 is 1.38 bits per heavy atom. The van der Waals surface area contributed by atoms with Crippen molar-refractivity contribution in [3.8, 4) is 0 Å². The number of aromatic nitrogens is 2. The van der Waals surface area contributed by atoms with Crippen molar-refractivity contribution in [3.63, 3.8) is 0 Å². The van der Waals surface area contributed by atoms with Crippen LogP contribution in [0, 0.1) is 19.8 Å². The van der Waals surface area contributed by atoms with Crippen LogP contribution in [0.15, 0.2) is 4.79 Å². The van der Waals surface area contributed by atoms with E-state index in [4.69, 9.17) is 0 Å². The Bertz CT molecular complexity index is 436. The lowest BCUT2D eigenvalue weighted by Crippen LogP contribution is -2.18. The van der Waals surface area contributed by atoms with Gasteiger partial charge in [-0.05, 0) is 39.0 Å². The van der Waals surface area contributed by atoms with Crippen molar-refractivity contribution in [2.45, 2.75) is 52.4 Å². The third-order valence-electron chi connectivity index (χ3n) is 3.92. The molecule has 1 heterocycles. The predicted molar refractivity (Wildman–Crippen MR) is 64.7 cm³/mol. The number of nitrogens with one attached hydrogen (secondary N) is 1. The Hall–Kier alpha value is -1.12. The van der Waals surface area contributed by atoms with Gasteiger partial charge in [-0.15, -0.1) is 0 Å². The first-order chi connectivity index (χ1) is 7.61. The molecule has 1 aliphatic rings. The van der Waals surface area contributed by atoms with E-state index in [2.05, 4.69) is 16.9 Å². The van der Waals surface area contributed by atoms with E-state index in [0.717, 1.165) is 23.0 Å². The van der Waals surface area contributed by atoms with Gasteiger partial charge in [0.05, 0.1) is 0 Å². The van der Waals surface area contributed by atoms with Crippen molar-refractivity contribution < 1.29 is 0 Å². The summed E-state index contributed by atoms with van der Waals surface area (Å²) in [6, 6.07) is 0. The van der Waals surface area contributed by atoms with Crippen LogP contribution < -0.4 is 5.56 Å². The second-order valence-electron chi connectivity index (χ2n) is 4.95. The van der Waals surface area contributed by atoms with Crippen LogP contribution in [0.2, 0.25) is 0 Å². The molecule has 0 bridgehead atoms. The third kappa shape index (κ3) is 2.04. The van der Waals surface area contributed by atoms with E-state index in [1.165, 1.54) is 25.7 Å². The van der Waals surface area contributed by atoms with Crippen molar-refractivity contribution in [3.05, 3.63) is 27.4 Å². The first-order valence-corrected chi connectivity index (χ1v) is 6.19. The maximum atomic E-state index is 11.7. The molecule has 3 nitrogen and oxygen atoms in total. The predicted octanol–water partition coefficient (Wildman–Crippen LogP) is 2.68. The van der Waals surface area contributed by atoms with Crippen LogP contribution in [0.5, 0.6) is 0 Å². The Kier molecular flexibility index (Phi) is 3.13. The minimum atomic E-state index is 0.0300. The van der Waals surface area contributed by atoms with Gasteiger partial charge in [0.25, 0.3) is 5.56 Å². The molecule has 16 heavy (non-hydrogen) atoms. The molecule has 1 aliphatic carbocycles. The third-order valence-corrected chi connectivity index (χ3v) is 3.92. The van der Waals surface area contributed by atoms with Crippen molar-refractivity contribution in [1.82, 2.24) is 9.97 Å². The van der Waals surface area contributed by atoms with E-state index in [9.17, 15) is 4.79 Å². The van der Waals surface area contributed by atoms with Gasteiger partial charge in [0, 0.05) is 17.2 Å². The van der Waals surface area contributed by atoms with Gasteiger partial charge in [-0.2, -0.15) is 0 Å². The van der Waals surface area contributed by atoms with Gasteiger partial charge in [-0.25, -0.2) is 4.98 Å². The highest BCUT2D eigenvalue weighted by molar-refractivity contribution is 5.16. The van der Waals surface area contributed by atoms with Gasteiger partial charge in [0.2, 0.25) is 0 Å². The monoisotopic (exact) mass is 220 g/mol. The molecular weight excluding hydrogens is 200 g/mol.